The maximum Gasteiger partial charge on any atom is 0.225 e. The van der Waals surface area contributed by atoms with Crippen LogP contribution in [-0.4, -0.2) is 28.4 Å². The van der Waals surface area contributed by atoms with Crippen molar-refractivity contribution in [3.05, 3.63) is 30.5 Å². The highest BCUT2D eigenvalue weighted by Gasteiger charge is 2.23. The molecule has 1 aliphatic rings. The van der Waals surface area contributed by atoms with E-state index in [2.05, 4.69) is 30.8 Å². The molecule has 1 saturated heterocycles. The lowest BCUT2D eigenvalue weighted by atomic mass is 10.2. The first kappa shape index (κ1) is 11.0. The van der Waals surface area contributed by atoms with Crippen molar-refractivity contribution in [2.75, 3.05) is 23.3 Å². The van der Waals surface area contributed by atoms with E-state index in [4.69, 9.17) is 0 Å². The highest BCUT2D eigenvalue weighted by atomic mass is 79.9. The van der Waals surface area contributed by atoms with Gasteiger partial charge < -0.3 is 4.90 Å². The normalized spacial score (nSPS) is 20.1. The predicted octanol–water partition coefficient (Wildman–Crippen LogP) is 2.85. The van der Waals surface area contributed by atoms with Crippen molar-refractivity contribution in [1.29, 1.82) is 0 Å². The standard InChI is InChI=1S/C13H14BrN3/c14-7-10-5-6-17(9-10)13-15-8-11-3-1-2-4-12(11)16-13/h1-4,8,10H,5-7,9H2. The monoisotopic (exact) mass is 291 g/mol. The van der Waals surface area contributed by atoms with Crippen LogP contribution in [0.3, 0.4) is 0 Å². The maximum absolute atomic E-state index is 4.63. The number of alkyl halides is 1. The van der Waals surface area contributed by atoms with Crippen molar-refractivity contribution >= 4 is 32.8 Å². The number of benzene rings is 1. The molecule has 1 aromatic heterocycles. The van der Waals surface area contributed by atoms with E-state index in [9.17, 15) is 0 Å². The third-order valence-corrected chi connectivity index (χ3v) is 4.18. The Balaban J connectivity index is 1.91. The third kappa shape index (κ3) is 2.14. The zero-order valence-electron chi connectivity index (χ0n) is 9.51. The smallest absolute Gasteiger partial charge is 0.225 e. The Kier molecular flexibility index (Phi) is 2.97. The summed E-state index contributed by atoms with van der Waals surface area (Å²) in [7, 11) is 0. The molecule has 0 spiro atoms. The minimum atomic E-state index is 0.727. The van der Waals surface area contributed by atoms with Gasteiger partial charge in [-0.3, -0.25) is 0 Å². The number of rotatable bonds is 2. The molecule has 3 nitrogen and oxygen atoms in total. The average molecular weight is 292 g/mol. The Morgan fingerprint density at radius 2 is 2.24 bits per heavy atom. The highest BCUT2D eigenvalue weighted by Crippen LogP contribution is 2.23. The van der Waals surface area contributed by atoms with Gasteiger partial charge in [0, 0.05) is 30.0 Å². The van der Waals surface area contributed by atoms with Crippen molar-refractivity contribution < 1.29 is 0 Å². The van der Waals surface area contributed by atoms with E-state index in [0.29, 0.717) is 0 Å². The Hall–Kier alpha value is -1.16. The van der Waals surface area contributed by atoms with Crippen LogP contribution in [0, 0.1) is 5.92 Å². The molecule has 4 heteroatoms. The Bertz CT molecular complexity index is 529. The van der Waals surface area contributed by atoms with Crippen molar-refractivity contribution in [2.45, 2.75) is 6.42 Å². The van der Waals surface area contributed by atoms with E-state index in [0.717, 1.165) is 41.2 Å². The quantitative estimate of drug-likeness (QED) is 0.797. The number of nitrogens with zero attached hydrogens (tertiary/aromatic N) is 3. The summed E-state index contributed by atoms with van der Waals surface area (Å²) >= 11 is 3.55. The fraction of sp³-hybridized carbons (Fsp3) is 0.385. The second-order valence-electron chi connectivity index (χ2n) is 4.48. The molecule has 3 rings (SSSR count). The molecule has 1 fully saturated rings. The first-order valence-corrected chi connectivity index (χ1v) is 7.01. The zero-order chi connectivity index (χ0) is 11.7. The second kappa shape index (κ2) is 4.61. The third-order valence-electron chi connectivity index (χ3n) is 3.26. The predicted molar refractivity (Wildman–Crippen MR) is 73.7 cm³/mol. The average Bonchev–Trinajstić information content (AvgIpc) is 2.87. The second-order valence-corrected chi connectivity index (χ2v) is 5.13. The van der Waals surface area contributed by atoms with E-state index in [-0.39, 0.29) is 0 Å². The Labute approximate surface area is 109 Å². The van der Waals surface area contributed by atoms with E-state index in [1.54, 1.807) is 0 Å². The van der Waals surface area contributed by atoms with Crippen LogP contribution in [-0.2, 0) is 0 Å². The van der Waals surface area contributed by atoms with Crippen LogP contribution in [0.4, 0.5) is 5.95 Å². The molecule has 1 unspecified atom stereocenters. The molecule has 0 N–H and O–H groups in total. The molecule has 0 bridgehead atoms. The number of hydrogen-bond acceptors (Lipinski definition) is 3. The number of anilines is 1. The van der Waals surface area contributed by atoms with Gasteiger partial charge in [-0.25, -0.2) is 9.97 Å². The van der Waals surface area contributed by atoms with Crippen molar-refractivity contribution in [3.8, 4) is 0 Å². The van der Waals surface area contributed by atoms with Crippen molar-refractivity contribution in [3.63, 3.8) is 0 Å². The van der Waals surface area contributed by atoms with E-state index in [1.165, 1.54) is 6.42 Å². The number of fused-ring (bicyclic) bond motifs is 1. The van der Waals surface area contributed by atoms with Gasteiger partial charge in [0.2, 0.25) is 5.95 Å². The van der Waals surface area contributed by atoms with Gasteiger partial charge in [0.15, 0.2) is 0 Å². The fourth-order valence-corrected chi connectivity index (χ4v) is 2.78. The van der Waals surface area contributed by atoms with Crippen LogP contribution >= 0.6 is 15.9 Å². The van der Waals surface area contributed by atoms with E-state index in [1.807, 2.05) is 30.5 Å². The summed E-state index contributed by atoms with van der Waals surface area (Å²) in [6, 6.07) is 8.12. The number of halogens is 1. The lowest BCUT2D eigenvalue weighted by Gasteiger charge is -2.15. The molecule has 17 heavy (non-hydrogen) atoms. The summed E-state index contributed by atoms with van der Waals surface area (Å²) in [6.07, 6.45) is 3.14. The van der Waals surface area contributed by atoms with Gasteiger partial charge in [0.05, 0.1) is 5.52 Å². The summed E-state index contributed by atoms with van der Waals surface area (Å²) in [5.41, 5.74) is 1.03. The largest absolute Gasteiger partial charge is 0.340 e. The molecular weight excluding hydrogens is 278 g/mol. The van der Waals surface area contributed by atoms with Crippen LogP contribution in [0.1, 0.15) is 6.42 Å². The van der Waals surface area contributed by atoms with Gasteiger partial charge in [-0.2, -0.15) is 0 Å². The van der Waals surface area contributed by atoms with E-state index >= 15 is 0 Å². The minimum absolute atomic E-state index is 0.727. The Morgan fingerprint density at radius 3 is 3.06 bits per heavy atom. The van der Waals surface area contributed by atoms with Crippen LogP contribution in [0.5, 0.6) is 0 Å². The minimum Gasteiger partial charge on any atom is -0.340 e. The van der Waals surface area contributed by atoms with Gasteiger partial charge in [-0.15, -0.1) is 0 Å². The summed E-state index contributed by atoms with van der Waals surface area (Å²) in [4.78, 5) is 11.4. The number of para-hydroxylation sites is 1. The first-order valence-electron chi connectivity index (χ1n) is 5.89. The zero-order valence-corrected chi connectivity index (χ0v) is 11.1. The van der Waals surface area contributed by atoms with Gasteiger partial charge in [-0.1, -0.05) is 34.1 Å². The van der Waals surface area contributed by atoms with Crippen molar-refractivity contribution in [1.82, 2.24) is 9.97 Å². The van der Waals surface area contributed by atoms with E-state index < -0.39 is 0 Å². The molecule has 0 radical (unpaired) electrons. The molecular formula is C13H14BrN3. The molecule has 1 atom stereocenters. The van der Waals surface area contributed by atoms with Gasteiger partial charge in [0.25, 0.3) is 0 Å². The molecule has 1 aliphatic heterocycles. The molecule has 0 saturated carbocycles. The lowest BCUT2D eigenvalue weighted by Crippen LogP contribution is -2.22. The Morgan fingerprint density at radius 1 is 1.35 bits per heavy atom. The summed E-state index contributed by atoms with van der Waals surface area (Å²) < 4.78 is 0. The highest BCUT2D eigenvalue weighted by molar-refractivity contribution is 9.09. The molecule has 2 heterocycles. The van der Waals surface area contributed by atoms with Crippen LogP contribution < -0.4 is 4.90 Å². The van der Waals surface area contributed by atoms with Gasteiger partial charge in [-0.05, 0) is 18.4 Å². The first-order chi connectivity index (χ1) is 8.36. The van der Waals surface area contributed by atoms with Crippen molar-refractivity contribution in [2.24, 2.45) is 5.92 Å². The number of hydrogen-bond donors (Lipinski definition) is 0. The topological polar surface area (TPSA) is 29.0 Å². The molecule has 88 valence electrons. The van der Waals surface area contributed by atoms with Crippen LogP contribution in [0.15, 0.2) is 30.5 Å². The van der Waals surface area contributed by atoms with Gasteiger partial charge in [0.1, 0.15) is 0 Å². The van der Waals surface area contributed by atoms with Gasteiger partial charge >= 0.3 is 0 Å². The molecule has 1 aromatic carbocycles. The SMILES string of the molecule is BrCC1CCN(c2ncc3ccccc3n2)C1. The summed E-state index contributed by atoms with van der Waals surface area (Å²) in [6.45, 7) is 2.12. The fourth-order valence-electron chi connectivity index (χ4n) is 2.26. The molecule has 0 aliphatic carbocycles. The lowest BCUT2D eigenvalue weighted by molar-refractivity contribution is 0.674. The maximum atomic E-state index is 4.63. The molecule has 2 aromatic rings. The number of aromatic nitrogens is 2. The summed E-state index contributed by atoms with van der Waals surface area (Å²) in [5.74, 6) is 1.59. The van der Waals surface area contributed by atoms with Crippen LogP contribution in [0.25, 0.3) is 10.9 Å². The summed E-state index contributed by atoms with van der Waals surface area (Å²) in [5, 5.41) is 2.17. The molecule has 0 amide bonds. The van der Waals surface area contributed by atoms with Crippen LogP contribution in [0.2, 0.25) is 0 Å².